The van der Waals surface area contributed by atoms with Crippen LogP contribution in [0.1, 0.15) is 0 Å². The van der Waals surface area contributed by atoms with E-state index in [1.165, 1.54) is 6.20 Å². The van der Waals surface area contributed by atoms with E-state index in [0.29, 0.717) is 6.54 Å². The minimum absolute atomic E-state index is 0.0897. The third-order valence-corrected chi connectivity index (χ3v) is 1.16. The lowest BCUT2D eigenvalue weighted by Gasteiger charge is -2.05. The number of hydrogen-bond acceptors (Lipinski definition) is 3. The monoisotopic (exact) mass is 179 g/mol. The van der Waals surface area contributed by atoms with Gasteiger partial charge in [-0.2, -0.15) is 5.26 Å². The van der Waals surface area contributed by atoms with Gasteiger partial charge >= 0.3 is 0 Å². The van der Waals surface area contributed by atoms with Gasteiger partial charge in [-0.15, -0.1) is 6.58 Å². The average molecular weight is 179 g/mol. The van der Waals surface area contributed by atoms with Crippen LogP contribution in [0.5, 0.6) is 0 Å². The van der Waals surface area contributed by atoms with Crippen LogP contribution in [0.4, 0.5) is 0 Å². The molecule has 0 aliphatic heterocycles. The first-order chi connectivity index (χ1) is 6.11. The predicted octanol–water partition coefficient (Wildman–Crippen LogP) is 0.258. The molecule has 0 saturated heterocycles. The van der Waals surface area contributed by atoms with Crippen LogP contribution in [0.15, 0.2) is 24.4 Å². The van der Waals surface area contributed by atoms with E-state index in [1.54, 1.807) is 25.1 Å². The lowest BCUT2D eigenvalue weighted by atomic mass is 10.3. The van der Waals surface area contributed by atoms with Gasteiger partial charge in [-0.1, -0.05) is 6.08 Å². The Bertz CT molecular complexity index is 261. The topological polar surface area (TPSA) is 56.1 Å². The first-order valence-electron chi connectivity index (χ1n) is 3.79. The molecule has 1 amide bonds. The molecule has 0 aromatic heterocycles. The molecule has 0 radical (unpaired) electrons. The second-order valence-corrected chi connectivity index (χ2v) is 2.62. The van der Waals surface area contributed by atoms with Gasteiger partial charge < -0.3 is 10.2 Å². The normalized spacial score (nSPS) is 10.1. The zero-order chi connectivity index (χ0) is 10.3. The first kappa shape index (κ1) is 11.2. The minimum Gasteiger partial charge on any atom is -0.382 e. The number of hydrogen-bond donors (Lipinski definition) is 1. The number of nitriles is 1. The van der Waals surface area contributed by atoms with Crippen molar-refractivity contribution in [2.24, 2.45) is 0 Å². The van der Waals surface area contributed by atoms with E-state index < -0.39 is 0 Å². The van der Waals surface area contributed by atoms with Crippen LogP contribution < -0.4 is 5.32 Å². The van der Waals surface area contributed by atoms with Crippen molar-refractivity contribution >= 4 is 5.91 Å². The maximum Gasteiger partial charge on any atom is 0.263 e. The fraction of sp³-hybridized carbons (Fsp3) is 0.333. The molecule has 0 rings (SSSR count). The van der Waals surface area contributed by atoms with Gasteiger partial charge in [0.2, 0.25) is 0 Å². The highest BCUT2D eigenvalue weighted by Gasteiger charge is 2.06. The Kier molecular flexibility index (Phi) is 5.05. The van der Waals surface area contributed by atoms with Gasteiger partial charge in [0.15, 0.2) is 0 Å². The Morgan fingerprint density at radius 1 is 1.69 bits per heavy atom. The van der Waals surface area contributed by atoms with E-state index in [-0.39, 0.29) is 11.5 Å². The second kappa shape index (κ2) is 5.84. The molecular weight excluding hydrogens is 166 g/mol. The van der Waals surface area contributed by atoms with E-state index in [2.05, 4.69) is 11.9 Å². The molecule has 70 valence electrons. The predicted molar refractivity (Wildman–Crippen MR) is 50.6 cm³/mol. The molecule has 0 unspecified atom stereocenters. The molecule has 0 fully saturated rings. The maximum atomic E-state index is 11.2. The van der Waals surface area contributed by atoms with Crippen LogP contribution >= 0.6 is 0 Å². The molecule has 4 nitrogen and oxygen atoms in total. The number of amides is 1. The van der Waals surface area contributed by atoms with Crippen LogP contribution in [-0.2, 0) is 4.79 Å². The lowest BCUT2D eigenvalue weighted by Crippen LogP contribution is -2.25. The summed E-state index contributed by atoms with van der Waals surface area (Å²) in [6.45, 7) is 3.82. The SMILES string of the molecule is C=CCNC(=O)C(C#N)=CN(C)C. The van der Waals surface area contributed by atoms with Crippen LogP contribution in [0.2, 0.25) is 0 Å². The Balaban J connectivity index is 4.34. The number of carbonyl (C=O) groups excluding carboxylic acids is 1. The molecule has 0 aromatic rings. The molecule has 13 heavy (non-hydrogen) atoms. The Labute approximate surface area is 78.1 Å². The molecule has 0 aliphatic rings. The Hall–Kier alpha value is -1.76. The molecule has 0 atom stereocenters. The summed E-state index contributed by atoms with van der Waals surface area (Å²) < 4.78 is 0. The summed E-state index contributed by atoms with van der Waals surface area (Å²) in [6.07, 6.45) is 3.03. The second-order valence-electron chi connectivity index (χ2n) is 2.62. The smallest absolute Gasteiger partial charge is 0.263 e. The third-order valence-electron chi connectivity index (χ3n) is 1.16. The highest BCUT2D eigenvalue weighted by atomic mass is 16.1. The molecule has 0 saturated carbocycles. The van der Waals surface area contributed by atoms with E-state index in [0.717, 1.165) is 0 Å². The summed E-state index contributed by atoms with van der Waals surface area (Å²) in [7, 11) is 3.50. The number of nitrogens with one attached hydrogen (secondary N) is 1. The summed E-state index contributed by atoms with van der Waals surface area (Å²) >= 11 is 0. The van der Waals surface area contributed by atoms with Gasteiger partial charge in [-0.3, -0.25) is 4.79 Å². The fourth-order valence-corrected chi connectivity index (χ4v) is 0.657. The zero-order valence-corrected chi connectivity index (χ0v) is 7.87. The largest absolute Gasteiger partial charge is 0.382 e. The van der Waals surface area contributed by atoms with Crippen LogP contribution in [0, 0.1) is 11.3 Å². The molecule has 0 heterocycles. The van der Waals surface area contributed by atoms with Crippen molar-refractivity contribution in [3.8, 4) is 6.07 Å². The van der Waals surface area contributed by atoms with Crippen LogP contribution in [0.3, 0.4) is 0 Å². The molecule has 1 N–H and O–H groups in total. The summed E-state index contributed by atoms with van der Waals surface area (Å²) in [5.74, 6) is -0.379. The highest BCUT2D eigenvalue weighted by molar-refractivity contribution is 5.97. The van der Waals surface area contributed by atoms with Crippen LogP contribution in [0.25, 0.3) is 0 Å². The minimum atomic E-state index is -0.379. The Morgan fingerprint density at radius 2 is 2.31 bits per heavy atom. The summed E-state index contributed by atoms with van der Waals surface area (Å²) in [5.41, 5.74) is 0.0897. The lowest BCUT2D eigenvalue weighted by molar-refractivity contribution is -0.116. The standard InChI is InChI=1S/C9H13N3O/c1-4-5-11-9(13)8(6-10)7-12(2)3/h4,7H,1,5H2,2-3H3,(H,11,13). The van der Waals surface area contributed by atoms with Gasteiger partial charge in [0.05, 0.1) is 0 Å². The van der Waals surface area contributed by atoms with Crippen molar-refractivity contribution in [1.82, 2.24) is 10.2 Å². The summed E-state index contributed by atoms with van der Waals surface area (Å²) in [4.78, 5) is 12.8. The average Bonchev–Trinajstić information content (AvgIpc) is 2.09. The van der Waals surface area contributed by atoms with E-state index in [1.807, 2.05) is 6.07 Å². The van der Waals surface area contributed by atoms with Crippen LogP contribution in [-0.4, -0.2) is 31.4 Å². The van der Waals surface area contributed by atoms with Crippen molar-refractivity contribution < 1.29 is 4.79 Å². The van der Waals surface area contributed by atoms with Gasteiger partial charge in [0.1, 0.15) is 11.6 Å². The van der Waals surface area contributed by atoms with Crippen molar-refractivity contribution in [3.63, 3.8) is 0 Å². The van der Waals surface area contributed by atoms with Gasteiger partial charge in [-0.05, 0) is 0 Å². The van der Waals surface area contributed by atoms with Crippen molar-refractivity contribution in [1.29, 1.82) is 5.26 Å². The van der Waals surface area contributed by atoms with E-state index >= 15 is 0 Å². The Morgan fingerprint density at radius 3 is 2.69 bits per heavy atom. The van der Waals surface area contributed by atoms with Crippen molar-refractivity contribution in [3.05, 3.63) is 24.4 Å². The number of rotatable bonds is 4. The zero-order valence-electron chi connectivity index (χ0n) is 7.87. The number of carbonyl (C=O) groups is 1. The summed E-state index contributed by atoms with van der Waals surface area (Å²) in [5, 5.41) is 11.1. The molecular formula is C9H13N3O. The molecule has 0 aromatic carbocycles. The molecule has 0 spiro atoms. The first-order valence-corrected chi connectivity index (χ1v) is 3.79. The van der Waals surface area contributed by atoms with Gasteiger partial charge in [0.25, 0.3) is 5.91 Å². The quantitative estimate of drug-likeness (QED) is 0.382. The summed E-state index contributed by atoms with van der Waals surface area (Å²) in [6, 6.07) is 1.82. The van der Waals surface area contributed by atoms with Crippen molar-refractivity contribution in [2.75, 3.05) is 20.6 Å². The van der Waals surface area contributed by atoms with E-state index in [9.17, 15) is 4.79 Å². The maximum absolute atomic E-state index is 11.2. The fourth-order valence-electron chi connectivity index (χ4n) is 0.657. The highest BCUT2D eigenvalue weighted by Crippen LogP contribution is 1.93. The van der Waals surface area contributed by atoms with E-state index in [4.69, 9.17) is 5.26 Å². The van der Waals surface area contributed by atoms with Gasteiger partial charge in [0, 0.05) is 26.8 Å². The number of nitrogens with zero attached hydrogens (tertiary/aromatic N) is 2. The third kappa shape index (κ3) is 4.64. The van der Waals surface area contributed by atoms with Crippen molar-refractivity contribution in [2.45, 2.75) is 0 Å². The molecule has 0 aliphatic carbocycles. The molecule has 0 bridgehead atoms. The molecule has 4 heteroatoms. The van der Waals surface area contributed by atoms with Gasteiger partial charge in [-0.25, -0.2) is 0 Å².